The fourth-order valence-electron chi connectivity index (χ4n) is 1.72. The van der Waals surface area contributed by atoms with Gasteiger partial charge in [0.2, 0.25) is 0 Å². The van der Waals surface area contributed by atoms with Crippen LogP contribution in [-0.2, 0) is 0 Å². The Kier molecular flexibility index (Phi) is 18.5. The lowest BCUT2D eigenvalue weighted by Gasteiger charge is -1.80. The Morgan fingerprint density at radius 2 is 0.929 bits per heavy atom. The molecule has 0 fully saturated rings. The molecule has 0 radical (unpaired) electrons. The molecule has 0 aromatic carbocycles. The summed E-state index contributed by atoms with van der Waals surface area (Å²) in [4.78, 5) is 29.9. The summed E-state index contributed by atoms with van der Waals surface area (Å²) in [5.74, 6) is 2.83. The van der Waals surface area contributed by atoms with E-state index in [1.54, 1.807) is 38.6 Å². The smallest absolute Gasteiger partial charge is 0.170 e. The van der Waals surface area contributed by atoms with E-state index in [4.69, 9.17) is 0 Å². The second kappa shape index (κ2) is 22.9. The van der Waals surface area contributed by atoms with Crippen molar-refractivity contribution in [3.8, 4) is 0 Å². The molecule has 0 spiro atoms. The van der Waals surface area contributed by atoms with Crippen molar-refractivity contribution in [1.82, 2.24) is 101 Å². The molecule has 0 aliphatic rings. The molecule has 6 rings (SSSR count). The van der Waals surface area contributed by atoms with Crippen LogP contribution in [0.5, 0.6) is 0 Å². The van der Waals surface area contributed by atoms with E-state index in [1.165, 1.54) is 38.0 Å². The van der Waals surface area contributed by atoms with Gasteiger partial charge in [-0.05, 0) is 52.0 Å². The highest BCUT2D eigenvalue weighted by molar-refractivity contribution is 4.84. The van der Waals surface area contributed by atoms with E-state index < -0.39 is 0 Å². The molecule has 0 saturated carbocycles. The molecule has 0 atom stereocenters. The van der Waals surface area contributed by atoms with Crippen LogP contribution in [-0.4, -0.2) is 101 Å². The lowest BCUT2D eigenvalue weighted by atomic mass is 10.6. The van der Waals surface area contributed by atoms with E-state index >= 15 is 0 Å². The van der Waals surface area contributed by atoms with Gasteiger partial charge < -0.3 is 0 Å². The van der Waals surface area contributed by atoms with Crippen LogP contribution >= 0.6 is 0 Å². The van der Waals surface area contributed by atoms with E-state index in [0.29, 0.717) is 11.6 Å². The predicted molar refractivity (Wildman–Crippen MR) is 143 cm³/mol. The van der Waals surface area contributed by atoms with Crippen molar-refractivity contribution in [2.75, 3.05) is 0 Å². The monoisotopic (exact) mass is 572 g/mol. The summed E-state index contributed by atoms with van der Waals surface area (Å²) in [5, 5.41) is 41.8. The van der Waals surface area contributed by atoms with Crippen molar-refractivity contribution >= 4 is 0 Å². The highest BCUT2D eigenvalue weighted by Crippen LogP contribution is 1.78. The largest absolute Gasteiger partial charge is 0.238 e. The molecule has 0 N–H and O–H groups in total. The molecule has 20 nitrogen and oxygen atoms in total. The van der Waals surface area contributed by atoms with E-state index in [1.807, 2.05) is 27.7 Å². The van der Waals surface area contributed by atoms with Crippen molar-refractivity contribution in [2.45, 2.75) is 41.5 Å². The van der Waals surface area contributed by atoms with Crippen LogP contribution in [0.2, 0.25) is 0 Å². The van der Waals surface area contributed by atoms with Crippen LogP contribution in [0, 0.1) is 41.5 Å². The van der Waals surface area contributed by atoms with Gasteiger partial charge in [-0.1, -0.05) is 0 Å². The highest BCUT2D eigenvalue weighted by atomic mass is 15.4. The molecule has 20 heteroatoms. The van der Waals surface area contributed by atoms with E-state index in [0.717, 1.165) is 23.0 Å². The first-order valence-electron chi connectivity index (χ1n) is 11.7. The minimum atomic E-state index is 0.600. The van der Waals surface area contributed by atoms with Gasteiger partial charge in [0.05, 0.1) is 30.0 Å². The summed E-state index contributed by atoms with van der Waals surface area (Å²) in [6.45, 7) is 10.9. The maximum atomic E-state index is 3.81. The fraction of sp³-hybridized carbons (Fsp3) is 0.273. The van der Waals surface area contributed by atoms with Crippen molar-refractivity contribution in [3.63, 3.8) is 0 Å². The summed E-state index contributed by atoms with van der Waals surface area (Å²) >= 11 is 0. The summed E-state index contributed by atoms with van der Waals surface area (Å²) in [6.07, 6.45) is 14.9. The van der Waals surface area contributed by atoms with E-state index in [-0.39, 0.29) is 0 Å². The van der Waals surface area contributed by atoms with Crippen LogP contribution in [0.25, 0.3) is 0 Å². The van der Waals surface area contributed by atoms with E-state index in [2.05, 4.69) is 101 Å². The fourth-order valence-corrected chi connectivity index (χ4v) is 1.72. The third-order valence-electron chi connectivity index (χ3n) is 3.51. The van der Waals surface area contributed by atoms with Gasteiger partial charge >= 0.3 is 0 Å². The van der Waals surface area contributed by atoms with Gasteiger partial charge in [0, 0.05) is 6.20 Å². The molecule has 0 amide bonds. The Labute approximate surface area is 240 Å². The first-order valence-corrected chi connectivity index (χ1v) is 11.7. The molecule has 6 aromatic heterocycles. The molecule has 0 bridgehead atoms. The van der Waals surface area contributed by atoms with Gasteiger partial charge in [0.15, 0.2) is 12.2 Å². The molecular formula is C22H28N20. The quantitative estimate of drug-likeness (QED) is 0.229. The molecule has 0 saturated heterocycles. The van der Waals surface area contributed by atoms with Crippen molar-refractivity contribution in [2.24, 2.45) is 0 Å². The lowest BCUT2D eigenvalue weighted by Crippen LogP contribution is -1.90. The maximum Gasteiger partial charge on any atom is 0.170 e. The average Bonchev–Trinajstić information content (AvgIpc) is 3.01. The second-order valence-corrected chi connectivity index (χ2v) is 7.07. The van der Waals surface area contributed by atoms with Crippen LogP contribution in [0.15, 0.2) is 62.8 Å². The van der Waals surface area contributed by atoms with E-state index in [9.17, 15) is 0 Å². The second-order valence-electron chi connectivity index (χ2n) is 7.07. The Bertz CT molecular complexity index is 1110. The highest BCUT2D eigenvalue weighted by Gasteiger charge is 1.80. The first-order chi connectivity index (χ1) is 20.4. The van der Waals surface area contributed by atoms with Crippen LogP contribution in [0.3, 0.4) is 0 Å². The summed E-state index contributed by atoms with van der Waals surface area (Å²) < 4.78 is 0. The standard InChI is InChI=1S/4C4H5N3.2C3H4N4/c2*1-4-6-2-5-3-7-4;1-4-2-6-7-3-5-4;1-4-5-2-3-6-7-4;1-3-6-4-2-5-7-3;1-3-2-4-6-7-5-3/h4*2-3H,1H3;2*2H,1H3. The molecular weight excluding hydrogens is 544 g/mol. The number of rotatable bonds is 0. The van der Waals surface area contributed by atoms with Crippen molar-refractivity contribution in [3.05, 3.63) is 97.4 Å². The van der Waals surface area contributed by atoms with Gasteiger partial charge in [0.25, 0.3) is 0 Å². The maximum absolute atomic E-state index is 3.81. The van der Waals surface area contributed by atoms with Gasteiger partial charge in [-0.15, -0.1) is 40.8 Å². The van der Waals surface area contributed by atoms with Crippen molar-refractivity contribution in [1.29, 1.82) is 0 Å². The van der Waals surface area contributed by atoms with Gasteiger partial charge in [-0.25, -0.2) is 39.9 Å². The third kappa shape index (κ3) is 20.9. The Morgan fingerprint density at radius 3 is 1.17 bits per heavy atom. The topological polar surface area (TPSA) is 258 Å². The normalized spacial score (nSPS) is 8.71. The van der Waals surface area contributed by atoms with Crippen LogP contribution < -0.4 is 0 Å². The molecule has 6 heterocycles. The number of hydrogen-bond donors (Lipinski definition) is 0. The number of hydrogen-bond acceptors (Lipinski definition) is 20. The zero-order valence-corrected chi connectivity index (χ0v) is 23.7. The van der Waals surface area contributed by atoms with Crippen molar-refractivity contribution < 1.29 is 0 Å². The molecule has 0 unspecified atom stereocenters. The van der Waals surface area contributed by atoms with Gasteiger partial charge in [-0.2, -0.15) is 10.2 Å². The van der Waals surface area contributed by atoms with Gasteiger partial charge in [-0.3, -0.25) is 0 Å². The minimum Gasteiger partial charge on any atom is -0.238 e. The van der Waals surface area contributed by atoms with Crippen LogP contribution in [0.1, 0.15) is 34.7 Å². The molecule has 6 aromatic rings. The van der Waals surface area contributed by atoms with Crippen LogP contribution in [0.4, 0.5) is 0 Å². The average molecular weight is 573 g/mol. The molecule has 216 valence electrons. The predicted octanol–water partition coefficient (Wildman–Crippen LogP) is -0.130. The molecule has 42 heavy (non-hydrogen) atoms. The summed E-state index contributed by atoms with van der Waals surface area (Å²) in [5.41, 5.74) is 1.69. The minimum absolute atomic E-state index is 0.600. The Morgan fingerprint density at radius 1 is 0.357 bits per heavy atom. The summed E-state index contributed by atoms with van der Waals surface area (Å²) in [6, 6.07) is 0. The number of nitrogens with zero attached hydrogens (tertiary/aromatic N) is 20. The lowest BCUT2D eigenvalue weighted by molar-refractivity contribution is 0.742. The molecule has 0 aliphatic heterocycles. The Hall–Kier alpha value is -6.08. The number of aromatic nitrogens is 20. The zero-order chi connectivity index (χ0) is 30.7. The third-order valence-corrected chi connectivity index (χ3v) is 3.51. The molecule has 0 aliphatic carbocycles. The van der Waals surface area contributed by atoms with Gasteiger partial charge in [0.1, 0.15) is 49.1 Å². The SMILES string of the molecule is Cc1cnncn1.Cc1cnnnn1.Cc1nccnn1.Cc1ncncn1.Cc1ncncn1.Cc1nncnn1. The Balaban J connectivity index is 0.000000252. The first kappa shape index (κ1) is 33.9. The summed E-state index contributed by atoms with van der Waals surface area (Å²) in [7, 11) is 0. The number of aryl methyl sites for hydroxylation is 6. The zero-order valence-electron chi connectivity index (χ0n) is 23.7.